The second kappa shape index (κ2) is 13.8. The van der Waals surface area contributed by atoms with Crippen LogP contribution in [0.15, 0.2) is 53.5 Å². The molecule has 0 saturated heterocycles. The first-order chi connectivity index (χ1) is 17.7. The third kappa shape index (κ3) is 9.21. The van der Waals surface area contributed by atoms with Gasteiger partial charge in [0.2, 0.25) is 11.8 Å². The molecule has 0 radical (unpaired) electrons. The predicted molar refractivity (Wildman–Crippen MR) is 150 cm³/mol. The van der Waals surface area contributed by atoms with Crippen molar-refractivity contribution in [2.24, 2.45) is 28.1 Å². The Morgan fingerprint density at radius 1 is 0.946 bits per heavy atom. The molecular weight excluding hydrogens is 464 g/mol. The number of nitrogens with zero attached hydrogens (tertiary/aromatic N) is 1. The highest BCUT2D eigenvalue weighted by molar-refractivity contribution is 5.97. The number of anilines is 1. The maximum Gasteiger partial charge on any atom is 0.246 e. The minimum Gasteiger partial charge on any atom is -0.370 e. The zero-order valence-electron chi connectivity index (χ0n) is 22.1. The molecule has 0 heterocycles. The molecule has 2 aromatic rings. The van der Waals surface area contributed by atoms with E-state index in [1.165, 1.54) is 37.7 Å². The summed E-state index contributed by atoms with van der Waals surface area (Å²) in [6.07, 6.45) is 7.97. The second-order valence-electron chi connectivity index (χ2n) is 10.4. The molecule has 200 valence electrons. The van der Waals surface area contributed by atoms with E-state index in [1.54, 1.807) is 12.1 Å². The normalized spacial score (nSPS) is 15.6. The summed E-state index contributed by atoms with van der Waals surface area (Å²) in [5.74, 6) is 0.444. The number of amides is 2. The van der Waals surface area contributed by atoms with E-state index in [0.29, 0.717) is 30.4 Å². The van der Waals surface area contributed by atoms with Crippen LogP contribution >= 0.6 is 0 Å². The van der Waals surface area contributed by atoms with Gasteiger partial charge in [-0.3, -0.25) is 9.59 Å². The Labute approximate surface area is 220 Å². The van der Waals surface area contributed by atoms with Crippen molar-refractivity contribution in [2.75, 3.05) is 5.32 Å². The molecule has 0 aliphatic heterocycles. The molecule has 2 atom stereocenters. The average molecular weight is 507 g/mol. The van der Waals surface area contributed by atoms with Crippen LogP contribution in [0.2, 0.25) is 0 Å². The number of carbonyl (C=O) groups excluding carboxylic acids is 2. The molecule has 1 saturated carbocycles. The molecule has 3 rings (SSSR count). The van der Waals surface area contributed by atoms with E-state index in [-0.39, 0.29) is 17.8 Å². The number of aliphatic imine (C=N–C) groups is 1. The Bertz CT molecular complexity index is 1040. The number of nitrogens with one attached hydrogen (secondary N) is 2. The van der Waals surface area contributed by atoms with E-state index in [2.05, 4.69) is 29.5 Å². The van der Waals surface area contributed by atoms with Gasteiger partial charge in [0.25, 0.3) is 0 Å². The molecule has 8 N–H and O–H groups in total. The van der Waals surface area contributed by atoms with Gasteiger partial charge in [-0.05, 0) is 66.5 Å². The number of carbonyl (C=O) groups is 2. The van der Waals surface area contributed by atoms with Gasteiger partial charge < -0.3 is 27.8 Å². The minimum atomic E-state index is -0.788. The van der Waals surface area contributed by atoms with Gasteiger partial charge in [0.05, 0.1) is 11.7 Å². The van der Waals surface area contributed by atoms with E-state index < -0.39 is 12.1 Å². The van der Waals surface area contributed by atoms with Crippen LogP contribution in [-0.2, 0) is 16.0 Å². The van der Waals surface area contributed by atoms with Crippen LogP contribution in [0.25, 0.3) is 0 Å². The first kappa shape index (κ1) is 28.2. The number of hydrogen-bond acceptors (Lipinski definition) is 4. The van der Waals surface area contributed by atoms with Crippen LogP contribution < -0.4 is 27.8 Å². The lowest BCUT2D eigenvalue weighted by atomic mass is 9.85. The average Bonchev–Trinajstić information content (AvgIpc) is 2.88. The minimum absolute atomic E-state index is 0.0164. The van der Waals surface area contributed by atoms with Crippen molar-refractivity contribution in [2.45, 2.75) is 83.2 Å². The van der Waals surface area contributed by atoms with Crippen LogP contribution in [0.3, 0.4) is 0 Å². The van der Waals surface area contributed by atoms with Crippen molar-refractivity contribution in [1.82, 2.24) is 5.32 Å². The summed E-state index contributed by atoms with van der Waals surface area (Å²) in [4.78, 5) is 30.3. The van der Waals surface area contributed by atoms with Gasteiger partial charge >= 0.3 is 0 Å². The topological polar surface area (TPSA) is 149 Å². The third-order valence-electron chi connectivity index (χ3n) is 7.05. The summed E-state index contributed by atoms with van der Waals surface area (Å²) in [6.45, 7) is 4.26. The molecule has 2 amide bonds. The molecule has 1 aliphatic carbocycles. The highest BCUT2D eigenvalue weighted by Gasteiger charge is 2.26. The van der Waals surface area contributed by atoms with E-state index in [0.717, 1.165) is 17.7 Å². The van der Waals surface area contributed by atoms with Crippen LogP contribution in [-0.4, -0.2) is 29.9 Å². The molecule has 2 aromatic carbocycles. The van der Waals surface area contributed by atoms with Gasteiger partial charge in [-0.15, -0.1) is 0 Å². The van der Waals surface area contributed by atoms with Crippen molar-refractivity contribution >= 4 is 29.1 Å². The molecule has 37 heavy (non-hydrogen) atoms. The first-order valence-electron chi connectivity index (χ1n) is 13.4. The summed E-state index contributed by atoms with van der Waals surface area (Å²) in [7, 11) is 0. The zero-order chi connectivity index (χ0) is 26.8. The molecule has 0 spiro atoms. The smallest absolute Gasteiger partial charge is 0.246 e. The highest BCUT2D eigenvalue weighted by atomic mass is 16.2. The summed E-state index contributed by atoms with van der Waals surface area (Å²) in [5.41, 5.74) is 20.5. The Morgan fingerprint density at radius 3 is 2.19 bits per heavy atom. The Balaban J connectivity index is 1.63. The lowest BCUT2D eigenvalue weighted by Gasteiger charge is -2.25. The molecule has 0 unspecified atom stereocenters. The van der Waals surface area contributed by atoms with Crippen molar-refractivity contribution in [3.05, 3.63) is 59.7 Å². The fourth-order valence-electron chi connectivity index (χ4n) is 4.81. The Kier molecular flexibility index (Phi) is 10.5. The number of benzene rings is 2. The second-order valence-corrected chi connectivity index (χ2v) is 10.4. The van der Waals surface area contributed by atoms with Gasteiger partial charge in [-0.25, -0.2) is 4.99 Å². The van der Waals surface area contributed by atoms with Crippen molar-refractivity contribution in [1.29, 1.82) is 0 Å². The van der Waals surface area contributed by atoms with E-state index in [1.807, 2.05) is 36.4 Å². The fraction of sp³-hybridized carbons (Fsp3) is 0.483. The van der Waals surface area contributed by atoms with Crippen molar-refractivity contribution < 1.29 is 9.59 Å². The van der Waals surface area contributed by atoms with Crippen LogP contribution in [0.4, 0.5) is 11.4 Å². The molecule has 1 aliphatic rings. The molecule has 8 heteroatoms. The summed E-state index contributed by atoms with van der Waals surface area (Å²) < 4.78 is 0. The van der Waals surface area contributed by atoms with E-state index >= 15 is 0 Å². The van der Waals surface area contributed by atoms with E-state index in [9.17, 15) is 9.59 Å². The number of nitrogens with two attached hydrogens (primary N) is 3. The van der Waals surface area contributed by atoms with Crippen molar-refractivity contribution in [3.8, 4) is 0 Å². The SMILES string of the molecule is CC(C)c1ccc(NC(=O)[C@H](CCC2CCCCC2)NC(=O)[C@@H](N)Cc2ccc(N=C(N)N)cc2)cc1. The summed E-state index contributed by atoms with van der Waals surface area (Å²) in [5, 5.41) is 5.92. The standard InChI is InChI=1S/C29H42N6O2/c1-19(2)22-11-15-23(16-12-22)33-28(37)26(17-10-20-6-4-3-5-7-20)35-27(36)25(30)18-21-8-13-24(14-9-21)34-29(31)32/h8-9,11-16,19-20,25-26H,3-7,10,17-18,30H2,1-2H3,(H,33,37)(H,35,36)(H4,31,32,34)/t25-,26-/m0/s1. The number of guanidine groups is 1. The summed E-state index contributed by atoms with van der Waals surface area (Å²) in [6, 6.07) is 13.6. The zero-order valence-corrected chi connectivity index (χ0v) is 22.1. The van der Waals surface area contributed by atoms with Crippen LogP contribution in [0.5, 0.6) is 0 Å². The fourth-order valence-corrected chi connectivity index (χ4v) is 4.81. The molecule has 0 aromatic heterocycles. The highest BCUT2D eigenvalue weighted by Crippen LogP contribution is 2.28. The molecule has 1 fully saturated rings. The molecular formula is C29H42N6O2. The maximum atomic E-state index is 13.2. The van der Waals surface area contributed by atoms with Crippen molar-refractivity contribution in [3.63, 3.8) is 0 Å². The third-order valence-corrected chi connectivity index (χ3v) is 7.05. The van der Waals surface area contributed by atoms with Gasteiger partial charge in [0.15, 0.2) is 5.96 Å². The molecule has 0 bridgehead atoms. The van der Waals surface area contributed by atoms with Crippen LogP contribution in [0, 0.1) is 5.92 Å². The lowest BCUT2D eigenvalue weighted by molar-refractivity contribution is -0.127. The van der Waals surface area contributed by atoms with Gasteiger partial charge in [0.1, 0.15) is 6.04 Å². The number of hydrogen-bond donors (Lipinski definition) is 5. The van der Waals surface area contributed by atoms with Crippen LogP contribution in [0.1, 0.15) is 75.8 Å². The molecule has 8 nitrogen and oxygen atoms in total. The van der Waals surface area contributed by atoms with Gasteiger partial charge in [-0.1, -0.05) is 70.2 Å². The number of rotatable bonds is 11. The van der Waals surface area contributed by atoms with Gasteiger partial charge in [-0.2, -0.15) is 0 Å². The Hall–Kier alpha value is -3.39. The largest absolute Gasteiger partial charge is 0.370 e. The van der Waals surface area contributed by atoms with Gasteiger partial charge in [0, 0.05) is 5.69 Å². The maximum absolute atomic E-state index is 13.2. The lowest BCUT2D eigenvalue weighted by Crippen LogP contribution is -2.50. The monoisotopic (exact) mass is 506 g/mol. The quantitative estimate of drug-likeness (QED) is 0.230. The first-order valence-corrected chi connectivity index (χ1v) is 13.4. The van der Waals surface area contributed by atoms with E-state index in [4.69, 9.17) is 17.2 Å². The predicted octanol–water partition coefficient (Wildman–Crippen LogP) is 4.07. The Morgan fingerprint density at radius 2 is 1.59 bits per heavy atom. The summed E-state index contributed by atoms with van der Waals surface area (Å²) >= 11 is 0.